The number of nitrogens with zero attached hydrogens (tertiary/aromatic N) is 1. The first-order valence-corrected chi connectivity index (χ1v) is 7.46. The number of halogens is 8. The van der Waals surface area contributed by atoms with Crippen LogP contribution in [0.5, 0.6) is 0 Å². The average molecular weight is 395 g/mol. The molecule has 10 heteroatoms. The Morgan fingerprint density at radius 1 is 1.04 bits per heavy atom. The molecule has 0 aliphatic carbocycles. The zero-order valence-corrected chi connectivity index (χ0v) is 13.9. The number of hydrogen-bond acceptors (Lipinski definition) is 2. The number of piperazine rings is 1. The van der Waals surface area contributed by atoms with Gasteiger partial charge in [-0.3, -0.25) is 4.90 Å². The average Bonchev–Trinajstić information content (AvgIpc) is 2.46. The summed E-state index contributed by atoms with van der Waals surface area (Å²) in [6.07, 6.45) is -10.6. The summed E-state index contributed by atoms with van der Waals surface area (Å²) in [5.74, 6) is -1.47. The lowest BCUT2D eigenvalue weighted by atomic mass is 9.97. The van der Waals surface area contributed by atoms with Crippen molar-refractivity contribution in [3.8, 4) is 0 Å². The van der Waals surface area contributed by atoms with Gasteiger partial charge in [-0.1, -0.05) is 6.07 Å². The molecule has 1 aliphatic rings. The van der Waals surface area contributed by atoms with Crippen LogP contribution < -0.4 is 5.32 Å². The third-order valence-electron chi connectivity index (χ3n) is 3.98. The van der Waals surface area contributed by atoms with Crippen molar-refractivity contribution in [3.63, 3.8) is 0 Å². The van der Waals surface area contributed by atoms with Crippen molar-refractivity contribution in [3.05, 3.63) is 35.1 Å². The third-order valence-corrected chi connectivity index (χ3v) is 3.98. The molecule has 1 atom stereocenters. The standard InChI is InChI=1S/C15H17F7N2.ClH/c16-12-9-10(1-2-11(12)15(20,21)22)13(3-4-14(17,18)19)24-7-5-23-6-8-24;/h1-2,9,13,23H,3-8H2;1H/t13-;/m0./s1. The molecule has 0 bridgehead atoms. The fraction of sp³-hybridized carbons (Fsp3) is 0.600. The Bertz CT molecular complexity index is 554. The molecule has 144 valence electrons. The normalized spacial score (nSPS) is 17.9. The lowest BCUT2D eigenvalue weighted by Gasteiger charge is -2.35. The number of nitrogens with one attached hydrogen (secondary N) is 1. The van der Waals surface area contributed by atoms with Crippen LogP contribution in [0.15, 0.2) is 18.2 Å². The van der Waals surface area contributed by atoms with Gasteiger partial charge in [0.25, 0.3) is 0 Å². The summed E-state index contributed by atoms with van der Waals surface area (Å²) in [7, 11) is 0. The lowest BCUT2D eigenvalue weighted by molar-refractivity contribution is -0.140. The van der Waals surface area contributed by atoms with Crippen LogP contribution in [-0.2, 0) is 6.18 Å². The molecule has 0 aromatic heterocycles. The maximum Gasteiger partial charge on any atom is 0.419 e. The minimum absolute atomic E-state index is 0. The quantitative estimate of drug-likeness (QED) is 0.753. The van der Waals surface area contributed by atoms with E-state index in [0.29, 0.717) is 38.3 Å². The first kappa shape index (κ1) is 22.0. The van der Waals surface area contributed by atoms with Gasteiger partial charge in [0.15, 0.2) is 0 Å². The van der Waals surface area contributed by atoms with E-state index in [1.54, 1.807) is 4.90 Å². The second-order valence-electron chi connectivity index (χ2n) is 5.69. The first-order chi connectivity index (χ1) is 11.1. The highest BCUT2D eigenvalue weighted by atomic mass is 35.5. The minimum atomic E-state index is -4.83. The van der Waals surface area contributed by atoms with Crippen LogP contribution in [0.4, 0.5) is 30.7 Å². The van der Waals surface area contributed by atoms with Gasteiger partial charge in [0.05, 0.1) is 5.56 Å². The highest BCUT2D eigenvalue weighted by Gasteiger charge is 2.35. The SMILES string of the molecule is Cl.Fc1cc([C@H](CCC(F)(F)F)N2CCNCC2)ccc1C(F)(F)F. The topological polar surface area (TPSA) is 15.3 Å². The van der Waals surface area contributed by atoms with E-state index >= 15 is 0 Å². The van der Waals surface area contributed by atoms with Gasteiger partial charge >= 0.3 is 12.4 Å². The summed E-state index contributed by atoms with van der Waals surface area (Å²) < 4.78 is 89.3. The van der Waals surface area contributed by atoms with E-state index in [9.17, 15) is 30.7 Å². The molecular weight excluding hydrogens is 377 g/mol. The Morgan fingerprint density at radius 3 is 2.12 bits per heavy atom. The molecule has 25 heavy (non-hydrogen) atoms. The van der Waals surface area contributed by atoms with E-state index in [1.807, 2.05) is 0 Å². The van der Waals surface area contributed by atoms with Crippen LogP contribution >= 0.6 is 12.4 Å². The van der Waals surface area contributed by atoms with Crippen LogP contribution in [0.3, 0.4) is 0 Å². The molecular formula is C15H18ClF7N2. The van der Waals surface area contributed by atoms with Crippen LogP contribution in [0.2, 0.25) is 0 Å². The highest BCUT2D eigenvalue weighted by Crippen LogP contribution is 2.36. The first-order valence-electron chi connectivity index (χ1n) is 7.46. The van der Waals surface area contributed by atoms with Crippen LogP contribution in [0, 0.1) is 5.82 Å². The van der Waals surface area contributed by atoms with Crippen molar-refractivity contribution in [2.45, 2.75) is 31.2 Å². The Morgan fingerprint density at radius 2 is 1.64 bits per heavy atom. The van der Waals surface area contributed by atoms with E-state index in [1.165, 1.54) is 0 Å². The smallest absolute Gasteiger partial charge is 0.314 e. The monoisotopic (exact) mass is 394 g/mol. The number of alkyl halides is 6. The van der Waals surface area contributed by atoms with Crippen LogP contribution in [-0.4, -0.2) is 37.3 Å². The van der Waals surface area contributed by atoms with Gasteiger partial charge in [-0.2, -0.15) is 26.3 Å². The fourth-order valence-corrected chi connectivity index (χ4v) is 2.82. The molecule has 0 spiro atoms. The summed E-state index contributed by atoms with van der Waals surface area (Å²) in [5, 5.41) is 3.05. The molecule has 1 aromatic rings. The predicted molar refractivity (Wildman–Crippen MR) is 81.1 cm³/mol. The molecule has 2 rings (SSSR count). The van der Waals surface area contributed by atoms with Crippen LogP contribution in [0.1, 0.15) is 30.0 Å². The fourth-order valence-electron chi connectivity index (χ4n) is 2.82. The molecule has 1 fully saturated rings. The third kappa shape index (κ3) is 6.31. The highest BCUT2D eigenvalue weighted by molar-refractivity contribution is 5.85. The molecule has 0 amide bonds. The summed E-state index contributed by atoms with van der Waals surface area (Å²) in [6.45, 7) is 2.02. The minimum Gasteiger partial charge on any atom is -0.314 e. The molecule has 1 aliphatic heterocycles. The van der Waals surface area contributed by atoms with E-state index in [-0.39, 0.29) is 24.4 Å². The maximum absolute atomic E-state index is 13.8. The molecule has 0 unspecified atom stereocenters. The van der Waals surface area contributed by atoms with Gasteiger partial charge in [0, 0.05) is 38.6 Å². The van der Waals surface area contributed by atoms with E-state index in [4.69, 9.17) is 0 Å². The summed E-state index contributed by atoms with van der Waals surface area (Å²) in [5.41, 5.74) is -1.28. The van der Waals surface area contributed by atoms with E-state index in [0.717, 1.165) is 6.07 Å². The number of hydrogen-bond donors (Lipinski definition) is 1. The number of rotatable bonds is 4. The van der Waals surface area contributed by atoms with Gasteiger partial charge in [0.2, 0.25) is 0 Å². The lowest BCUT2D eigenvalue weighted by Crippen LogP contribution is -2.45. The van der Waals surface area contributed by atoms with Crippen molar-refractivity contribution in [1.29, 1.82) is 0 Å². The van der Waals surface area contributed by atoms with Gasteiger partial charge in [0.1, 0.15) is 5.82 Å². The molecule has 0 radical (unpaired) electrons. The van der Waals surface area contributed by atoms with Crippen molar-refractivity contribution < 1.29 is 30.7 Å². The zero-order chi connectivity index (χ0) is 18.0. The summed E-state index contributed by atoms with van der Waals surface area (Å²) >= 11 is 0. The molecule has 1 aromatic carbocycles. The largest absolute Gasteiger partial charge is 0.419 e. The Kier molecular flexibility index (Phi) is 7.52. The predicted octanol–water partition coefficient (Wildman–Crippen LogP) is 4.56. The van der Waals surface area contributed by atoms with Gasteiger partial charge < -0.3 is 5.32 Å². The molecule has 1 saturated heterocycles. The Labute approximate surface area is 146 Å². The summed E-state index contributed by atoms with van der Waals surface area (Å²) in [6, 6.07) is 1.58. The van der Waals surface area contributed by atoms with Crippen molar-refractivity contribution in [2.24, 2.45) is 0 Å². The second-order valence-corrected chi connectivity index (χ2v) is 5.69. The van der Waals surface area contributed by atoms with Gasteiger partial charge in [-0.25, -0.2) is 4.39 Å². The molecule has 2 nitrogen and oxygen atoms in total. The molecule has 0 saturated carbocycles. The van der Waals surface area contributed by atoms with Crippen molar-refractivity contribution in [2.75, 3.05) is 26.2 Å². The summed E-state index contributed by atoms with van der Waals surface area (Å²) in [4.78, 5) is 1.74. The molecule has 1 N–H and O–H groups in total. The Hall–Kier alpha value is -1.06. The van der Waals surface area contributed by atoms with E-state index < -0.39 is 36.2 Å². The second kappa shape index (κ2) is 8.55. The van der Waals surface area contributed by atoms with Gasteiger partial charge in [-0.05, 0) is 24.1 Å². The van der Waals surface area contributed by atoms with Crippen LogP contribution in [0.25, 0.3) is 0 Å². The van der Waals surface area contributed by atoms with Gasteiger partial charge in [-0.15, -0.1) is 12.4 Å². The van der Waals surface area contributed by atoms with E-state index in [2.05, 4.69) is 5.32 Å². The van der Waals surface area contributed by atoms with Crippen molar-refractivity contribution in [1.82, 2.24) is 10.2 Å². The molecule has 1 heterocycles. The Balaban J connectivity index is 0.00000312. The number of benzene rings is 1. The zero-order valence-electron chi connectivity index (χ0n) is 13.1. The maximum atomic E-state index is 13.8. The van der Waals surface area contributed by atoms with Crippen molar-refractivity contribution >= 4 is 12.4 Å².